The fourth-order valence-electron chi connectivity index (χ4n) is 2.03. The molecule has 1 aromatic carbocycles. The lowest BCUT2D eigenvalue weighted by Crippen LogP contribution is -2.43. The summed E-state index contributed by atoms with van der Waals surface area (Å²) in [5.74, 6) is 1.31. The van der Waals surface area contributed by atoms with E-state index in [1.54, 1.807) is 7.11 Å². The summed E-state index contributed by atoms with van der Waals surface area (Å²) in [6.07, 6.45) is 0. The minimum atomic E-state index is -0.561. The number of hydrogen-bond donors (Lipinski definition) is 2. The number of ether oxygens (including phenoxy) is 2. The van der Waals surface area contributed by atoms with Gasteiger partial charge in [-0.2, -0.15) is 4.98 Å². The van der Waals surface area contributed by atoms with Crippen LogP contribution in [0.3, 0.4) is 0 Å². The minimum absolute atomic E-state index is 0. The van der Waals surface area contributed by atoms with Gasteiger partial charge >= 0.3 is 0 Å². The van der Waals surface area contributed by atoms with Gasteiger partial charge in [-0.25, -0.2) is 0 Å². The second-order valence-corrected chi connectivity index (χ2v) is 5.94. The highest BCUT2D eigenvalue weighted by Gasteiger charge is 2.17. The van der Waals surface area contributed by atoms with E-state index in [1.807, 2.05) is 38.1 Å². The first-order valence-electron chi connectivity index (χ1n) is 8.05. The van der Waals surface area contributed by atoms with Crippen molar-refractivity contribution in [3.8, 4) is 5.75 Å². The fraction of sp³-hybridized carbons (Fsp3) is 0.471. The highest BCUT2D eigenvalue weighted by atomic mass is 35.5. The molecule has 0 bridgehead atoms. The van der Waals surface area contributed by atoms with Gasteiger partial charge in [-0.3, -0.25) is 4.79 Å². The number of carbonyl (C=O) groups excluding carboxylic acids is 1. The zero-order valence-corrected chi connectivity index (χ0v) is 15.9. The maximum atomic E-state index is 11.8. The number of nitrogens with two attached hydrogens (primary N) is 1. The standard InChI is InChI=1S/C17H24N4O4.ClH/c1-11(2)16(18)17(22)19-8-15-20-14(21-25-15)10-24-9-12-5-4-6-13(7-12)23-3;/h4-7,11,16H,8-10,18H2,1-3H3,(H,19,22);1H/t16-;/m0./s1. The molecule has 8 nitrogen and oxygen atoms in total. The normalized spacial score (nSPS) is 11.7. The Bertz CT molecular complexity index is 693. The molecule has 0 unspecified atom stereocenters. The van der Waals surface area contributed by atoms with E-state index >= 15 is 0 Å². The van der Waals surface area contributed by atoms with Crippen molar-refractivity contribution in [1.29, 1.82) is 0 Å². The molecule has 2 aromatic rings. The quantitative estimate of drug-likeness (QED) is 0.677. The summed E-state index contributed by atoms with van der Waals surface area (Å²) in [6.45, 7) is 4.52. The van der Waals surface area contributed by atoms with Gasteiger partial charge in [0.1, 0.15) is 12.4 Å². The van der Waals surface area contributed by atoms with Crippen molar-refractivity contribution in [3.05, 3.63) is 41.5 Å². The fourth-order valence-corrected chi connectivity index (χ4v) is 2.03. The van der Waals surface area contributed by atoms with E-state index in [9.17, 15) is 4.79 Å². The van der Waals surface area contributed by atoms with Crippen molar-refractivity contribution in [1.82, 2.24) is 15.5 Å². The van der Waals surface area contributed by atoms with Gasteiger partial charge in [0.25, 0.3) is 0 Å². The Morgan fingerprint density at radius 3 is 2.81 bits per heavy atom. The Morgan fingerprint density at radius 2 is 2.12 bits per heavy atom. The second-order valence-electron chi connectivity index (χ2n) is 5.94. The molecule has 0 spiro atoms. The smallest absolute Gasteiger partial charge is 0.246 e. The van der Waals surface area contributed by atoms with Gasteiger partial charge in [-0.05, 0) is 23.6 Å². The molecule has 2 rings (SSSR count). The van der Waals surface area contributed by atoms with Gasteiger partial charge in [-0.15, -0.1) is 12.4 Å². The van der Waals surface area contributed by atoms with Gasteiger partial charge < -0.3 is 25.0 Å². The Morgan fingerprint density at radius 1 is 1.35 bits per heavy atom. The highest BCUT2D eigenvalue weighted by Crippen LogP contribution is 2.13. The summed E-state index contributed by atoms with van der Waals surface area (Å²) in [5.41, 5.74) is 6.75. The molecule has 0 radical (unpaired) electrons. The summed E-state index contributed by atoms with van der Waals surface area (Å²) in [5, 5.41) is 6.49. The summed E-state index contributed by atoms with van der Waals surface area (Å²) >= 11 is 0. The number of benzene rings is 1. The monoisotopic (exact) mass is 384 g/mol. The molecule has 1 heterocycles. The molecule has 0 saturated carbocycles. The molecule has 0 saturated heterocycles. The Kier molecular flexibility index (Phi) is 9.04. The van der Waals surface area contributed by atoms with Crippen LogP contribution in [0.15, 0.2) is 28.8 Å². The Balaban J connectivity index is 0.00000338. The lowest BCUT2D eigenvalue weighted by atomic mass is 10.1. The SMILES string of the molecule is COc1cccc(COCc2noc(CNC(=O)[C@@H](N)C(C)C)n2)c1.Cl. The molecule has 1 aromatic heterocycles. The summed E-state index contributed by atoms with van der Waals surface area (Å²) in [7, 11) is 1.62. The van der Waals surface area contributed by atoms with E-state index in [-0.39, 0.29) is 37.4 Å². The molecule has 0 aliphatic rings. The van der Waals surface area contributed by atoms with Crippen molar-refractivity contribution < 1.29 is 18.8 Å². The van der Waals surface area contributed by atoms with Crippen molar-refractivity contribution in [3.63, 3.8) is 0 Å². The van der Waals surface area contributed by atoms with Gasteiger partial charge in [0.15, 0.2) is 5.82 Å². The van der Waals surface area contributed by atoms with Crippen LogP contribution < -0.4 is 15.8 Å². The number of rotatable bonds is 9. The van der Waals surface area contributed by atoms with Gasteiger partial charge in [0.2, 0.25) is 11.8 Å². The third-order valence-electron chi connectivity index (χ3n) is 3.58. The van der Waals surface area contributed by atoms with Crippen LogP contribution >= 0.6 is 12.4 Å². The van der Waals surface area contributed by atoms with Gasteiger partial charge in [-0.1, -0.05) is 31.1 Å². The molecular formula is C17H25ClN4O4. The molecule has 3 N–H and O–H groups in total. The number of aromatic nitrogens is 2. The van der Waals surface area contributed by atoms with Crippen molar-refractivity contribution >= 4 is 18.3 Å². The van der Waals surface area contributed by atoms with Crippen LogP contribution in [0, 0.1) is 5.92 Å². The maximum absolute atomic E-state index is 11.8. The van der Waals surface area contributed by atoms with Gasteiger partial charge in [0.05, 0.1) is 26.3 Å². The van der Waals surface area contributed by atoms with E-state index in [0.29, 0.717) is 18.3 Å². The lowest BCUT2D eigenvalue weighted by Gasteiger charge is -2.14. The van der Waals surface area contributed by atoms with Crippen molar-refractivity contribution in [2.24, 2.45) is 11.7 Å². The topological polar surface area (TPSA) is 112 Å². The average molecular weight is 385 g/mol. The minimum Gasteiger partial charge on any atom is -0.497 e. The van der Waals surface area contributed by atoms with Crippen LogP contribution in [-0.2, 0) is 29.3 Å². The average Bonchev–Trinajstić information content (AvgIpc) is 3.07. The predicted octanol–water partition coefficient (Wildman–Crippen LogP) is 1.82. The summed E-state index contributed by atoms with van der Waals surface area (Å²) in [6, 6.07) is 7.05. The first kappa shape index (κ1) is 21.9. The first-order chi connectivity index (χ1) is 12.0. The van der Waals surface area contributed by atoms with Crippen LogP contribution in [0.1, 0.15) is 31.1 Å². The summed E-state index contributed by atoms with van der Waals surface area (Å²) < 4.78 is 15.8. The number of nitrogens with one attached hydrogen (secondary N) is 1. The van der Waals surface area contributed by atoms with E-state index in [0.717, 1.165) is 11.3 Å². The number of amides is 1. The molecule has 0 aliphatic carbocycles. The zero-order chi connectivity index (χ0) is 18.2. The predicted molar refractivity (Wildman–Crippen MR) is 97.7 cm³/mol. The molecule has 26 heavy (non-hydrogen) atoms. The van der Waals surface area contributed by atoms with E-state index < -0.39 is 6.04 Å². The van der Waals surface area contributed by atoms with E-state index in [1.165, 1.54) is 0 Å². The largest absolute Gasteiger partial charge is 0.497 e. The van der Waals surface area contributed by atoms with Crippen LogP contribution in [0.4, 0.5) is 0 Å². The molecule has 144 valence electrons. The molecule has 1 atom stereocenters. The van der Waals surface area contributed by atoms with Gasteiger partial charge in [0, 0.05) is 0 Å². The van der Waals surface area contributed by atoms with Crippen molar-refractivity contribution in [2.75, 3.05) is 7.11 Å². The molecule has 1 amide bonds. The molecule has 9 heteroatoms. The maximum Gasteiger partial charge on any atom is 0.246 e. The molecule has 0 aliphatic heterocycles. The third-order valence-corrected chi connectivity index (χ3v) is 3.58. The highest BCUT2D eigenvalue weighted by molar-refractivity contribution is 5.85. The second kappa shape index (κ2) is 10.7. The summed E-state index contributed by atoms with van der Waals surface area (Å²) in [4.78, 5) is 16.0. The van der Waals surface area contributed by atoms with E-state index in [4.69, 9.17) is 19.7 Å². The number of methoxy groups -OCH3 is 1. The molecule has 0 fully saturated rings. The molecular weight excluding hydrogens is 360 g/mol. The third kappa shape index (κ3) is 6.62. The Hall–Kier alpha value is -2.16. The van der Waals surface area contributed by atoms with Crippen molar-refractivity contribution in [2.45, 2.75) is 39.6 Å². The lowest BCUT2D eigenvalue weighted by molar-refractivity contribution is -0.123. The van der Waals surface area contributed by atoms with E-state index in [2.05, 4.69) is 15.5 Å². The number of hydrogen-bond acceptors (Lipinski definition) is 7. The first-order valence-corrected chi connectivity index (χ1v) is 8.05. The Labute approximate surface area is 158 Å². The zero-order valence-electron chi connectivity index (χ0n) is 15.1. The van der Waals surface area contributed by atoms with Crippen LogP contribution in [0.25, 0.3) is 0 Å². The number of carbonyl (C=O) groups is 1. The number of nitrogens with zero attached hydrogens (tertiary/aromatic N) is 2. The van der Waals surface area contributed by atoms with Crippen LogP contribution in [0.2, 0.25) is 0 Å². The van der Waals surface area contributed by atoms with Crippen LogP contribution in [-0.4, -0.2) is 29.2 Å². The van der Waals surface area contributed by atoms with Crippen LogP contribution in [0.5, 0.6) is 5.75 Å². The number of halogens is 1.